The van der Waals surface area contributed by atoms with Crippen LogP contribution in [0.1, 0.15) is 46.6 Å². The number of carbonyl (C=O) groups excluding carboxylic acids is 1. The van der Waals surface area contributed by atoms with Gasteiger partial charge in [0.25, 0.3) is 5.91 Å². The van der Waals surface area contributed by atoms with Crippen LogP contribution in [0.15, 0.2) is 33.7 Å². The van der Waals surface area contributed by atoms with Gasteiger partial charge in [0.2, 0.25) is 0 Å². The van der Waals surface area contributed by atoms with Gasteiger partial charge >= 0.3 is 0 Å². The summed E-state index contributed by atoms with van der Waals surface area (Å²) in [6, 6.07) is 7.53. The molecule has 0 aliphatic heterocycles. The van der Waals surface area contributed by atoms with Crippen LogP contribution < -0.4 is 5.32 Å². The molecule has 1 aliphatic carbocycles. The average molecular weight is 346 g/mol. The number of aromatic nitrogens is 1. The first-order chi connectivity index (χ1) is 11.5. The lowest BCUT2D eigenvalue weighted by Gasteiger charge is -2.36. The van der Waals surface area contributed by atoms with Gasteiger partial charge in [0, 0.05) is 22.8 Å². The first kappa shape index (κ1) is 17.0. The van der Waals surface area contributed by atoms with Crippen LogP contribution in [0, 0.1) is 13.8 Å². The highest BCUT2D eigenvalue weighted by atomic mass is 32.2. The van der Waals surface area contributed by atoms with Crippen molar-refractivity contribution in [3.05, 3.63) is 46.8 Å². The number of aryl methyl sites for hydroxylation is 2. The van der Waals surface area contributed by atoms with Crippen LogP contribution in [0.3, 0.4) is 0 Å². The predicted octanol–water partition coefficient (Wildman–Crippen LogP) is 3.23. The van der Waals surface area contributed by atoms with Gasteiger partial charge in [-0.25, -0.2) is 0 Å². The third-order valence-electron chi connectivity index (χ3n) is 4.55. The molecule has 2 N–H and O–H groups in total. The van der Waals surface area contributed by atoms with Gasteiger partial charge in [0.15, 0.2) is 0 Å². The third-order valence-corrected chi connectivity index (χ3v) is 5.65. The van der Waals surface area contributed by atoms with Gasteiger partial charge in [0.1, 0.15) is 5.76 Å². The Kier molecular flexibility index (Phi) is 4.96. The smallest absolute Gasteiger partial charge is 0.252 e. The second kappa shape index (κ2) is 6.99. The largest absolute Gasteiger partial charge is 0.388 e. The van der Waals surface area contributed by atoms with Gasteiger partial charge in [-0.15, -0.1) is 11.8 Å². The van der Waals surface area contributed by atoms with E-state index in [1.807, 2.05) is 38.1 Å². The lowest BCUT2D eigenvalue weighted by atomic mass is 9.80. The number of aliphatic hydroxyl groups is 1. The molecule has 0 unspecified atom stereocenters. The molecule has 1 aliphatic rings. The Hall–Kier alpha value is -1.79. The quantitative estimate of drug-likeness (QED) is 0.786. The zero-order valence-corrected chi connectivity index (χ0v) is 14.8. The third kappa shape index (κ3) is 3.65. The Labute approximate surface area is 145 Å². The van der Waals surface area contributed by atoms with Crippen molar-refractivity contribution in [3.8, 4) is 0 Å². The Morgan fingerprint density at radius 3 is 2.75 bits per heavy atom. The molecule has 0 atom stereocenters. The maximum absolute atomic E-state index is 12.5. The van der Waals surface area contributed by atoms with Crippen molar-refractivity contribution in [2.24, 2.45) is 0 Å². The van der Waals surface area contributed by atoms with E-state index >= 15 is 0 Å². The summed E-state index contributed by atoms with van der Waals surface area (Å²) < 4.78 is 5.19. The van der Waals surface area contributed by atoms with Crippen LogP contribution in [-0.2, 0) is 5.75 Å². The zero-order chi connectivity index (χ0) is 17.2. The van der Waals surface area contributed by atoms with Crippen LogP contribution in [0.25, 0.3) is 0 Å². The van der Waals surface area contributed by atoms with Crippen LogP contribution in [0.4, 0.5) is 0 Å². The van der Waals surface area contributed by atoms with Crippen LogP contribution in [0.5, 0.6) is 0 Å². The molecule has 1 amide bonds. The monoisotopic (exact) mass is 346 g/mol. The standard InChI is InChI=1S/C18H22N2O3S/c1-12-15(13(2)23-20-12)10-24-16-7-4-3-6-14(16)17(21)19-11-18(22)8-5-9-18/h3-4,6-7,22H,5,8-11H2,1-2H3,(H,19,21). The maximum Gasteiger partial charge on any atom is 0.252 e. The summed E-state index contributed by atoms with van der Waals surface area (Å²) in [6.45, 7) is 4.13. The predicted molar refractivity (Wildman–Crippen MR) is 93.1 cm³/mol. The average Bonchev–Trinajstić information content (AvgIpc) is 2.87. The fourth-order valence-corrected chi connectivity index (χ4v) is 3.94. The van der Waals surface area contributed by atoms with E-state index in [2.05, 4.69) is 10.5 Å². The number of rotatable bonds is 6. The van der Waals surface area contributed by atoms with Gasteiger partial charge in [-0.3, -0.25) is 4.79 Å². The fourth-order valence-electron chi connectivity index (χ4n) is 2.74. The number of hydrogen-bond acceptors (Lipinski definition) is 5. The molecule has 1 aromatic heterocycles. The SMILES string of the molecule is Cc1noc(C)c1CSc1ccccc1C(=O)NCC1(O)CCC1. The Morgan fingerprint density at radius 2 is 2.12 bits per heavy atom. The molecule has 0 bridgehead atoms. The van der Waals surface area contributed by atoms with Gasteiger partial charge < -0.3 is 14.9 Å². The number of hydrogen-bond donors (Lipinski definition) is 2. The van der Waals surface area contributed by atoms with E-state index in [-0.39, 0.29) is 5.91 Å². The van der Waals surface area contributed by atoms with E-state index in [4.69, 9.17) is 4.52 Å². The lowest BCUT2D eigenvalue weighted by molar-refractivity contribution is -0.0300. The molecule has 128 valence electrons. The number of amides is 1. The molecule has 1 heterocycles. The molecular formula is C18H22N2O3S. The molecule has 1 fully saturated rings. The van der Waals surface area contributed by atoms with Crippen molar-refractivity contribution in [1.29, 1.82) is 0 Å². The summed E-state index contributed by atoms with van der Waals surface area (Å²) in [4.78, 5) is 13.4. The topological polar surface area (TPSA) is 75.4 Å². The molecule has 3 rings (SSSR count). The first-order valence-electron chi connectivity index (χ1n) is 8.13. The van der Waals surface area contributed by atoms with Gasteiger partial charge in [0.05, 0.1) is 16.9 Å². The minimum atomic E-state index is -0.714. The zero-order valence-electron chi connectivity index (χ0n) is 14.0. The van der Waals surface area contributed by atoms with Crippen molar-refractivity contribution in [3.63, 3.8) is 0 Å². The molecular weight excluding hydrogens is 324 g/mol. The second-order valence-electron chi connectivity index (χ2n) is 6.35. The Morgan fingerprint density at radius 1 is 1.38 bits per heavy atom. The minimum Gasteiger partial charge on any atom is -0.388 e. The van der Waals surface area contributed by atoms with Crippen LogP contribution in [0.2, 0.25) is 0 Å². The molecule has 0 saturated heterocycles. The summed E-state index contributed by atoms with van der Waals surface area (Å²) in [5.74, 6) is 1.38. The minimum absolute atomic E-state index is 0.141. The Bertz CT molecular complexity index is 718. The number of nitrogens with zero attached hydrogens (tertiary/aromatic N) is 1. The van der Waals surface area contributed by atoms with E-state index in [9.17, 15) is 9.90 Å². The van der Waals surface area contributed by atoms with Crippen molar-refractivity contribution in [2.45, 2.75) is 49.4 Å². The number of thioether (sulfide) groups is 1. The molecule has 5 nitrogen and oxygen atoms in total. The van der Waals surface area contributed by atoms with Crippen molar-refractivity contribution in [2.75, 3.05) is 6.54 Å². The summed E-state index contributed by atoms with van der Waals surface area (Å²) in [5, 5.41) is 17.0. The molecule has 0 spiro atoms. The van der Waals surface area contributed by atoms with Gasteiger partial charge in [-0.2, -0.15) is 0 Å². The normalized spacial score (nSPS) is 15.8. The van der Waals surface area contributed by atoms with E-state index in [1.54, 1.807) is 11.8 Å². The molecule has 6 heteroatoms. The van der Waals surface area contributed by atoms with Crippen LogP contribution >= 0.6 is 11.8 Å². The molecule has 0 radical (unpaired) electrons. The van der Waals surface area contributed by atoms with Gasteiger partial charge in [-0.1, -0.05) is 17.3 Å². The van der Waals surface area contributed by atoms with Crippen molar-refractivity contribution in [1.82, 2.24) is 10.5 Å². The molecule has 24 heavy (non-hydrogen) atoms. The van der Waals surface area contributed by atoms with E-state index in [0.717, 1.165) is 41.2 Å². The van der Waals surface area contributed by atoms with Crippen molar-refractivity contribution >= 4 is 17.7 Å². The number of benzene rings is 1. The second-order valence-corrected chi connectivity index (χ2v) is 7.37. The number of nitrogens with one attached hydrogen (secondary N) is 1. The summed E-state index contributed by atoms with van der Waals surface area (Å²) in [7, 11) is 0. The fraction of sp³-hybridized carbons (Fsp3) is 0.444. The maximum atomic E-state index is 12.5. The molecule has 1 aromatic carbocycles. The molecule has 2 aromatic rings. The van der Waals surface area contributed by atoms with Crippen molar-refractivity contribution < 1.29 is 14.4 Å². The Balaban J connectivity index is 1.67. The van der Waals surface area contributed by atoms with Crippen LogP contribution in [-0.4, -0.2) is 28.3 Å². The molecule has 1 saturated carbocycles. The highest BCUT2D eigenvalue weighted by Gasteiger charge is 2.34. The van der Waals surface area contributed by atoms with E-state index in [0.29, 0.717) is 17.9 Å². The van der Waals surface area contributed by atoms with E-state index < -0.39 is 5.60 Å². The van der Waals surface area contributed by atoms with E-state index in [1.165, 1.54) is 0 Å². The summed E-state index contributed by atoms with van der Waals surface area (Å²) in [5.41, 5.74) is 1.87. The lowest BCUT2D eigenvalue weighted by Crippen LogP contribution is -2.47. The number of carbonyl (C=O) groups is 1. The summed E-state index contributed by atoms with van der Waals surface area (Å²) in [6.07, 6.45) is 2.54. The summed E-state index contributed by atoms with van der Waals surface area (Å²) >= 11 is 1.59. The highest BCUT2D eigenvalue weighted by Crippen LogP contribution is 2.31. The van der Waals surface area contributed by atoms with Gasteiger partial charge in [-0.05, 0) is 45.2 Å². The first-order valence-corrected chi connectivity index (χ1v) is 9.11. The highest BCUT2D eigenvalue weighted by molar-refractivity contribution is 7.98.